The summed E-state index contributed by atoms with van der Waals surface area (Å²) >= 11 is 0. The minimum atomic E-state index is -1.04. The smallest absolute Gasteiger partial charge is 0.333 e. The molecule has 0 bridgehead atoms. The number of rotatable bonds is 6. The van der Waals surface area contributed by atoms with Gasteiger partial charge in [0.15, 0.2) is 11.9 Å². The topological polar surface area (TPSA) is 115 Å². The molecule has 8 nitrogen and oxygen atoms in total. The molecule has 1 aromatic heterocycles. The fourth-order valence-corrected chi connectivity index (χ4v) is 2.94. The van der Waals surface area contributed by atoms with Crippen molar-refractivity contribution >= 4 is 11.9 Å². The fraction of sp³-hybridized carbons (Fsp3) is 0.750. The SMILES string of the molecule is CC(C)C(NC(=O)[C@@H]1C[C@H](C)[C@@H](C(=O)O)O1)c1nc(C2CC2)no1. The lowest BCUT2D eigenvalue weighted by molar-refractivity contribution is -0.153. The molecule has 1 saturated carbocycles. The largest absolute Gasteiger partial charge is 0.479 e. The average Bonchev–Trinajstić information content (AvgIpc) is 3.11. The lowest BCUT2D eigenvalue weighted by Crippen LogP contribution is -2.39. The zero-order valence-electron chi connectivity index (χ0n) is 14.1. The minimum Gasteiger partial charge on any atom is -0.479 e. The number of ether oxygens (including phenoxy) is 1. The Morgan fingerprint density at radius 3 is 2.58 bits per heavy atom. The van der Waals surface area contributed by atoms with E-state index in [9.17, 15) is 9.59 Å². The van der Waals surface area contributed by atoms with Gasteiger partial charge in [0.25, 0.3) is 0 Å². The van der Waals surface area contributed by atoms with E-state index < -0.39 is 24.2 Å². The maximum atomic E-state index is 12.5. The van der Waals surface area contributed by atoms with Crippen molar-refractivity contribution in [2.75, 3.05) is 0 Å². The van der Waals surface area contributed by atoms with Crippen molar-refractivity contribution in [1.29, 1.82) is 0 Å². The van der Waals surface area contributed by atoms with E-state index in [0.29, 0.717) is 24.1 Å². The molecule has 8 heteroatoms. The molecule has 1 aromatic rings. The Labute approximate surface area is 139 Å². The van der Waals surface area contributed by atoms with Crippen LogP contribution in [0.2, 0.25) is 0 Å². The van der Waals surface area contributed by atoms with Gasteiger partial charge in [-0.25, -0.2) is 4.79 Å². The highest BCUT2D eigenvalue weighted by Gasteiger charge is 2.41. The molecule has 1 amide bonds. The third-order valence-corrected chi connectivity index (χ3v) is 4.58. The maximum absolute atomic E-state index is 12.5. The number of nitrogens with one attached hydrogen (secondary N) is 1. The van der Waals surface area contributed by atoms with Crippen LogP contribution in [-0.2, 0) is 14.3 Å². The van der Waals surface area contributed by atoms with E-state index in [1.54, 1.807) is 6.92 Å². The number of hydrogen-bond acceptors (Lipinski definition) is 6. The molecule has 3 rings (SSSR count). The van der Waals surface area contributed by atoms with Crippen LogP contribution in [0.1, 0.15) is 63.7 Å². The lowest BCUT2D eigenvalue weighted by atomic mass is 10.0. The average molecular weight is 337 g/mol. The molecule has 1 unspecified atom stereocenters. The van der Waals surface area contributed by atoms with Crippen molar-refractivity contribution < 1.29 is 24.0 Å². The highest BCUT2D eigenvalue weighted by molar-refractivity contribution is 5.83. The lowest BCUT2D eigenvalue weighted by Gasteiger charge is -2.20. The summed E-state index contributed by atoms with van der Waals surface area (Å²) in [5, 5.41) is 16.0. The third kappa shape index (κ3) is 3.43. The van der Waals surface area contributed by atoms with E-state index in [-0.39, 0.29) is 17.7 Å². The molecule has 0 radical (unpaired) electrons. The van der Waals surface area contributed by atoms with Gasteiger partial charge < -0.3 is 19.7 Å². The predicted molar refractivity (Wildman–Crippen MR) is 82.1 cm³/mol. The minimum absolute atomic E-state index is 0.0514. The molecular formula is C16H23N3O5. The van der Waals surface area contributed by atoms with Gasteiger partial charge in [-0.05, 0) is 31.1 Å². The second kappa shape index (κ2) is 6.51. The molecule has 1 aliphatic carbocycles. The second-order valence-corrected chi connectivity index (χ2v) is 7.09. The Bertz CT molecular complexity index is 625. The van der Waals surface area contributed by atoms with Crippen molar-refractivity contribution in [1.82, 2.24) is 15.5 Å². The number of carboxylic acids is 1. The van der Waals surface area contributed by atoms with Gasteiger partial charge in [0.1, 0.15) is 12.1 Å². The van der Waals surface area contributed by atoms with E-state index in [1.165, 1.54) is 0 Å². The van der Waals surface area contributed by atoms with Gasteiger partial charge in [0.05, 0.1) is 0 Å². The highest BCUT2D eigenvalue weighted by atomic mass is 16.5. The van der Waals surface area contributed by atoms with Crippen LogP contribution in [0.3, 0.4) is 0 Å². The molecule has 0 aromatic carbocycles. The number of amides is 1. The Kier molecular flexibility index (Phi) is 4.58. The Morgan fingerprint density at radius 1 is 1.33 bits per heavy atom. The van der Waals surface area contributed by atoms with E-state index >= 15 is 0 Å². The van der Waals surface area contributed by atoms with Crippen molar-refractivity contribution in [3.05, 3.63) is 11.7 Å². The number of carboxylic acid groups (broad SMARTS) is 1. The zero-order valence-corrected chi connectivity index (χ0v) is 14.1. The Balaban J connectivity index is 1.66. The van der Waals surface area contributed by atoms with Crippen LogP contribution >= 0.6 is 0 Å². The van der Waals surface area contributed by atoms with Gasteiger partial charge >= 0.3 is 5.97 Å². The highest BCUT2D eigenvalue weighted by Crippen LogP contribution is 2.38. The molecule has 2 aliphatic rings. The quantitative estimate of drug-likeness (QED) is 0.811. The van der Waals surface area contributed by atoms with Crippen molar-refractivity contribution in [2.24, 2.45) is 11.8 Å². The summed E-state index contributed by atoms with van der Waals surface area (Å²) < 4.78 is 10.7. The number of nitrogens with zero attached hydrogens (tertiary/aromatic N) is 2. The monoisotopic (exact) mass is 337 g/mol. The van der Waals surface area contributed by atoms with Crippen molar-refractivity contribution in [3.63, 3.8) is 0 Å². The first-order valence-electron chi connectivity index (χ1n) is 8.39. The summed E-state index contributed by atoms with van der Waals surface area (Å²) in [6, 6.07) is -0.416. The summed E-state index contributed by atoms with van der Waals surface area (Å²) in [6.45, 7) is 5.67. The van der Waals surface area contributed by atoms with Crippen LogP contribution in [0.4, 0.5) is 0 Å². The van der Waals surface area contributed by atoms with Crippen LogP contribution < -0.4 is 5.32 Å². The summed E-state index contributed by atoms with van der Waals surface area (Å²) in [4.78, 5) is 28.0. The van der Waals surface area contributed by atoms with Crippen LogP contribution in [-0.4, -0.2) is 39.3 Å². The molecule has 24 heavy (non-hydrogen) atoms. The van der Waals surface area contributed by atoms with E-state index in [4.69, 9.17) is 14.4 Å². The summed E-state index contributed by atoms with van der Waals surface area (Å²) in [5.41, 5.74) is 0. The normalized spacial score (nSPS) is 28.1. The second-order valence-electron chi connectivity index (χ2n) is 7.09. The number of aliphatic carboxylic acids is 1. The first-order valence-corrected chi connectivity index (χ1v) is 8.39. The fourth-order valence-electron chi connectivity index (χ4n) is 2.94. The summed E-state index contributed by atoms with van der Waals surface area (Å²) in [7, 11) is 0. The van der Waals surface area contributed by atoms with Crippen LogP contribution in [0.15, 0.2) is 4.52 Å². The molecule has 4 atom stereocenters. The number of carbonyl (C=O) groups is 2. The van der Waals surface area contributed by atoms with Gasteiger partial charge in [0.2, 0.25) is 11.8 Å². The van der Waals surface area contributed by atoms with Crippen LogP contribution in [0, 0.1) is 11.8 Å². The molecule has 2 N–H and O–H groups in total. The Morgan fingerprint density at radius 2 is 2.04 bits per heavy atom. The molecule has 2 fully saturated rings. The van der Waals surface area contributed by atoms with Gasteiger partial charge in [0, 0.05) is 5.92 Å². The molecular weight excluding hydrogens is 314 g/mol. The standard InChI is InChI=1S/C16H23N3O5/c1-7(2)11(15-18-13(19-24-15)9-4-5-9)17-14(20)10-6-8(3)12(23-10)16(21)22/h7-12H,4-6H2,1-3H3,(H,17,20)(H,21,22)/t8-,10-,11?,12-/m0/s1. The molecule has 1 saturated heterocycles. The first kappa shape index (κ1) is 16.9. The molecule has 2 heterocycles. The van der Waals surface area contributed by atoms with Gasteiger partial charge in [-0.15, -0.1) is 0 Å². The number of carbonyl (C=O) groups excluding carboxylic acids is 1. The van der Waals surface area contributed by atoms with E-state index in [2.05, 4.69) is 15.5 Å². The number of hydrogen-bond donors (Lipinski definition) is 2. The molecule has 1 aliphatic heterocycles. The predicted octanol–water partition coefficient (Wildman–Crippen LogP) is 1.64. The van der Waals surface area contributed by atoms with Gasteiger partial charge in [-0.3, -0.25) is 4.79 Å². The van der Waals surface area contributed by atoms with Crippen molar-refractivity contribution in [2.45, 2.75) is 64.2 Å². The summed E-state index contributed by atoms with van der Waals surface area (Å²) in [5.74, 6) is -0.0696. The van der Waals surface area contributed by atoms with Crippen LogP contribution in [0.5, 0.6) is 0 Å². The molecule has 132 valence electrons. The van der Waals surface area contributed by atoms with Crippen LogP contribution in [0.25, 0.3) is 0 Å². The third-order valence-electron chi connectivity index (χ3n) is 4.58. The van der Waals surface area contributed by atoms with E-state index in [1.807, 2.05) is 13.8 Å². The molecule has 0 spiro atoms. The zero-order chi connectivity index (χ0) is 17.4. The van der Waals surface area contributed by atoms with Crippen molar-refractivity contribution in [3.8, 4) is 0 Å². The Hall–Kier alpha value is -1.96. The van der Waals surface area contributed by atoms with E-state index in [0.717, 1.165) is 12.8 Å². The number of aromatic nitrogens is 2. The first-order chi connectivity index (χ1) is 11.4. The van der Waals surface area contributed by atoms with Gasteiger partial charge in [-0.2, -0.15) is 4.98 Å². The maximum Gasteiger partial charge on any atom is 0.333 e. The van der Waals surface area contributed by atoms with Gasteiger partial charge in [-0.1, -0.05) is 25.9 Å². The summed E-state index contributed by atoms with van der Waals surface area (Å²) in [6.07, 6.45) is 0.811.